The summed E-state index contributed by atoms with van der Waals surface area (Å²) in [4.78, 5) is 31.8. The van der Waals surface area contributed by atoms with Crippen molar-refractivity contribution in [3.63, 3.8) is 0 Å². The van der Waals surface area contributed by atoms with Gasteiger partial charge in [0.25, 0.3) is 11.6 Å². The van der Waals surface area contributed by atoms with Crippen LogP contribution in [0.2, 0.25) is 5.02 Å². The summed E-state index contributed by atoms with van der Waals surface area (Å²) in [6.07, 6.45) is 4.66. The topological polar surface area (TPSA) is 84.5 Å². The van der Waals surface area contributed by atoms with Crippen molar-refractivity contribution in [3.8, 4) is 5.69 Å². The Balaban J connectivity index is 1.49. The number of benzene rings is 2. The number of imidazole rings is 1. The molecule has 0 saturated carbocycles. The van der Waals surface area contributed by atoms with Gasteiger partial charge in [0.05, 0.1) is 11.3 Å². The van der Waals surface area contributed by atoms with Gasteiger partial charge in [0, 0.05) is 60.9 Å². The SMILES string of the molecule is O=C(c1ccc(-n2ccnc2)c([N+](=O)[O-])c1)N1CCN(c2ccc(Cl)cc2)CC1. The fraction of sp³-hybridized carbons (Fsp3) is 0.200. The Hall–Kier alpha value is -3.39. The first kappa shape index (κ1) is 18.9. The van der Waals surface area contributed by atoms with E-state index in [0.29, 0.717) is 42.5 Å². The summed E-state index contributed by atoms with van der Waals surface area (Å²) in [5, 5.41) is 12.2. The van der Waals surface area contributed by atoms with Crippen molar-refractivity contribution in [2.24, 2.45) is 0 Å². The summed E-state index contributed by atoms with van der Waals surface area (Å²) in [5.74, 6) is -0.207. The number of carbonyl (C=O) groups excluding carboxylic acids is 1. The molecule has 2 heterocycles. The van der Waals surface area contributed by atoms with Crippen LogP contribution in [0.4, 0.5) is 11.4 Å². The molecule has 3 aromatic rings. The predicted molar refractivity (Wildman–Crippen MR) is 110 cm³/mol. The molecule has 1 saturated heterocycles. The van der Waals surface area contributed by atoms with Crippen molar-refractivity contribution in [1.82, 2.24) is 14.5 Å². The molecular formula is C20H18ClN5O3. The molecule has 1 fully saturated rings. The minimum absolute atomic E-state index is 0.131. The van der Waals surface area contributed by atoms with E-state index in [4.69, 9.17) is 11.6 Å². The molecule has 4 rings (SSSR count). The van der Waals surface area contributed by atoms with Crippen LogP contribution in [0.5, 0.6) is 0 Å². The minimum Gasteiger partial charge on any atom is -0.368 e. The molecule has 1 aliphatic heterocycles. The van der Waals surface area contributed by atoms with Gasteiger partial charge < -0.3 is 14.4 Å². The Morgan fingerprint density at radius 3 is 2.41 bits per heavy atom. The van der Waals surface area contributed by atoms with Crippen LogP contribution in [0.15, 0.2) is 61.2 Å². The van der Waals surface area contributed by atoms with Gasteiger partial charge in [-0.1, -0.05) is 11.6 Å². The van der Waals surface area contributed by atoms with Crippen LogP contribution in [0, 0.1) is 10.1 Å². The van der Waals surface area contributed by atoms with Crippen LogP contribution in [-0.4, -0.2) is 51.5 Å². The molecule has 0 spiro atoms. The fourth-order valence-electron chi connectivity index (χ4n) is 3.42. The molecule has 0 bridgehead atoms. The number of nitro groups is 1. The number of halogens is 1. The van der Waals surface area contributed by atoms with E-state index in [1.807, 2.05) is 24.3 Å². The number of nitrogens with zero attached hydrogens (tertiary/aromatic N) is 5. The summed E-state index contributed by atoms with van der Waals surface area (Å²) in [6.45, 7) is 2.45. The monoisotopic (exact) mass is 411 g/mol. The largest absolute Gasteiger partial charge is 0.368 e. The Labute approximate surface area is 172 Å². The van der Waals surface area contributed by atoms with E-state index in [-0.39, 0.29) is 11.6 Å². The lowest BCUT2D eigenvalue weighted by atomic mass is 10.1. The molecule has 1 aromatic heterocycles. The van der Waals surface area contributed by atoms with Gasteiger partial charge in [0.15, 0.2) is 0 Å². The molecule has 8 nitrogen and oxygen atoms in total. The van der Waals surface area contributed by atoms with E-state index >= 15 is 0 Å². The van der Waals surface area contributed by atoms with Crippen LogP contribution in [0.25, 0.3) is 5.69 Å². The van der Waals surface area contributed by atoms with Gasteiger partial charge in [-0.15, -0.1) is 0 Å². The number of nitro benzene ring substituents is 1. The van der Waals surface area contributed by atoms with Crippen LogP contribution in [-0.2, 0) is 0 Å². The molecule has 1 aliphatic rings. The third kappa shape index (κ3) is 3.93. The quantitative estimate of drug-likeness (QED) is 0.485. The zero-order valence-corrected chi connectivity index (χ0v) is 16.2. The number of hydrogen-bond acceptors (Lipinski definition) is 5. The lowest BCUT2D eigenvalue weighted by molar-refractivity contribution is -0.384. The lowest BCUT2D eigenvalue weighted by Crippen LogP contribution is -2.48. The van der Waals surface area contributed by atoms with Crippen LogP contribution in [0.3, 0.4) is 0 Å². The number of hydrogen-bond donors (Lipinski definition) is 0. The molecule has 0 radical (unpaired) electrons. The Morgan fingerprint density at radius 1 is 1.07 bits per heavy atom. The zero-order valence-electron chi connectivity index (χ0n) is 15.4. The maximum Gasteiger partial charge on any atom is 0.294 e. The normalized spacial score (nSPS) is 14.1. The van der Waals surface area contributed by atoms with E-state index in [2.05, 4.69) is 9.88 Å². The molecule has 0 N–H and O–H groups in total. The van der Waals surface area contributed by atoms with Gasteiger partial charge in [0.2, 0.25) is 0 Å². The summed E-state index contributed by atoms with van der Waals surface area (Å²) in [7, 11) is 0. The average Bonchev–Trinajstić information content (AvgIpc) is 3.28. The second-order valence-electron chi connectivity index (χ2n) is 6.69. The molecule has 148 valence electrons. The third-order valence-electron chi connectivity index (χ3n) is 4.96. The van der Waals surface area contributed by atoms with Crippen molar-refractivity contribution in [2.45, 2.75) is 0 Å². The highest BCUT2D eigenvalue weighted by molar-refractivity contribution is 6.30. The first-order valence-electron chi connectivity index (χ1n) is 9.09. The third-order valence-corrected chi connectivity index (χ3v) is 5.21. The van der Waals surface area contributed by atoms with Crippen LogP contribution < -0.4 is 4.90 Å². The molecule has 9 heteroatoms. The van der Waals surface area contributed by atoms with E-state index in [9.17, 15) is 14.9 Å². The standard InChI is InChI=1S/C20H18ClN5O3/c21-16-2-4-17(5-3-16)23-9-11-24(12-10-23)20(27)15-1-6-18(19(13-15)26(28)29)25-8-7-22-14-25/h1-8,13-14H,9-12H2. The average molecular weight is 412 g/mol. The number of anilines is 1. The molecule has 1 amide bonds. The highest BCUT2D eigenvalue weighted by Gasteiger charge is 2.25. The van der Waals surface area contributed by atoms with Gasteiger partial charge in [-0.2, -0.15) is 0 Å². The van der Waals surface area contributed by atoms with E-state index in [0.717, 1.165) is 5.69 Å². The molecule has 0 atom stereocenters. The predicted octanol–water partition coefficient (Wildman–Crippen LogP) is 3.40. The zero-order chi connectivity index (χ0) is 20.4. The van der Waals surface area contributed by atoms with Crippen molar-refractivity contribution < 1.29 is 9.72 Å². The Morgan fingerprint density at radius 2 is 1.79 bits per heavy atom. The highest BCUT2D eigenvalue weighted by Crippen LogP contribution is 2.26. The minimum atomic E-state index is -0.482. The van der Waals surface area contributed by atoms with Crippen molar-refractivity contribution in [3.05, 3.63) is 81.9 Å². The summed E-state index contributed by atoms with van der Waals surface area (Å²) in [6, 6.07) is 12.1. The number of piperazine rings is 1. The van der Waals surface area contributed by atoms with E-state index in [1.165, 1.54) is 12.4 Å². The van der Waals surface area contributed by atoms with E-state index < -0.39 is 4.92 Å². The molecule has 0 aliphatic carbocycles. The smallest absolute Gasteiger partial charge is 0.294 e. The molecule has 0 unspecified atom stereocenters. The summed E-state index contributed by atoms with van der Waals surface area (Å²) >= 11 is 5.94. The Kier molecular flexibility index (Phi) is 5.18. The van der Waals surface area contributed by atoms with Crippen molar-refractivity contribution >= 4 is 28.9 Å². The second kappa shape index (κ2) is 7.92. The molecule has 29 heavy (non-hydrogen) atoms. The van der Waals surface area contributed by atoms with Gasteiger partial charge in [-0.3, -0.25) is 14.9 Å². The summed E-state index contributed by atoms with van der Waals surface area (Å²) < 4.78 is 1.55. The van der Waals surface area contributed by atoms with Crippen molar-refractivity contribution in [2.75, 3.05) is 31.1 Å². The summed E-state index contributed by atoms with van der Waals surface area (Å²) in [5.41, 5.74) is 1.60. The maximum absolute atomic E-state index is 12.9. The molecular weight excluding hydrogens is 394 g/mol. The second-order valence-corrected chi connectivity index (χ2v) is 7.12. The number of amides is 1. The lowest BCUT2D eigenvalue weighted by Gasteiger charge is -2.36. The van der Waals surface area contributed by atoms with Gasteiger partial charge in [-0.25, -0.2) is 4.98 Å². The van der Waals surface area contributed by atoms with Gasteiger partial charge in [-0.05, 0) is 36.4 Å². The van der Waals surface area contributed by atoms with Crippen LogP contribution >= 0.6 is 11.6 Å². The molecule has 2 aromatic carbocycles. The number of aromatic nitrogens is 2. The van der Waals surface area contributed by atoms with Gasteiger partial charge >= 0.3 is 0 Å². The highest BCUT2D eigenvalue weighted by atomic mass is 35.5. The van der Waals surface area contributed by atoms with Crippen LogP contribution in [0.1, 0.15) is 10.4 Å². The number of carbonyl (C=O) groups is 1. The van der Waals surface area contributed by atoms with E-state index in [1.54, 1.807) is 34.0 Å². The number of rotatable bonds is 4. The first-order chi connectivity index (χ1) is 14.0. The Bertz CT molecular complexity index is 1030. The maximum atomic E-state index is 12.9. The fourth-order valence-corrected chi connectivity index (χ4v) is 3.55. The first-order valence-corrected chi connectivity index (χ1v) is 9.47. The van der Waals surface area contributed by atoms with Gasteiger partial charge in [0.1, 0.15) is 5.69 Å². The van der Waals surface area contributed by atoms with Crippen molar-refractivity contribution in [1.29, 1.82) is 0 Å².